The lowest BCUT2D eigenvalue weighted by Gasteiger charge is -2.33. The van der Waals surface area contributed by atoms with Gasteiger partial charge in [-0.25, -0.2) is 4.98 Å². The summed E-state index contributed by atoms with van der Waals surface area (Å²) < 4.78 is 30.3. The van der Waals surface area contributed by atoms with Crippen molar-refractivity contribution in [3.63, 3.8) is 0 Å². The summed E-state index contributed by atoms with van der Waals surface area (Å²) in [5, 5.41) is 7.10. The van der Waals surface area contributed by atoms with Crippen molar-refractivity contribution < 1.29 is 13.2 Å². The van der Waals surface area contributed by atoms with Crippen LogP contribution in [0.5, 0.6) is 0 Å². The van der Waals surface area contributed by atoms with Gasteiger partial charge in [0.15, 0.2) is 11.5 Å². The van der Waals surface area contributed by atoms with Gasteiger partial charge in [-0.1, -0.05) is 12.1 Å². The molecule has 1 saturated heterocycles. The van der Waals surface area contributed by atoms with E-state index >= 15 is 0 Å². The molecule has 9 nitrogen and oxygen atoms in total. The molecule has 0 bridgehead atoms. The highest BCUT2D eigenvalue weighted by molar-refractivity contribution is 7.90. The van der Waals surface area contributed by atoms with Crippen LogP contribution in [0.3, 0.4) is 0 Å². The zero-order valence-corrected chi connectivity index (χ0v) is 16.2. The van der Waals surface area contributed by atoms with Gasteiger partial charge in [-0.3, -0.25) is 4.79 Å². The first-order chi connectivity index (χ1) is 14.0. The lowest BCUT2D eigenvalue weighted by molar-refractivity contribution is -0.121. The highest BCUT2D eigenvalue weighted by Crippen LogP contribution is 2.30. The molecule has 0 radical (unpaired) electrons. The Bertz CT molecular complexity index is 1250. The summed E-state index contributed by atoms with van der Waals surface area (Å²) in [7, 11) is -3.68. The van der Waals surface area contributed by atoms with Gasteiger partial charge in [-0.05, 0) is 31.0 Å². The molecule has 1 unspecified atom stereocenters. The Balaban J connectivity index is 1.38. The van der Waals surface area contributed by atoms with Crippen molar-refractivity contribution in [2.45, 2.75) is 17.7 Å². The molecule has 4 heterocycles. The third-order valence-electron chi connectivity index (χ3n) is 5.25. The summed E-state index contributed by atoms with van der Waals surface area (Å²) in [6.45, 7) is 1.06. The summed E-state index contributed by atoms with van der Waals surface area (Å²) in [4.78, 5) is 19.2. The highest BCUT2D eigenvalue weighted by atomic mass is 32.2. The molecule has 0 aliphatic carbocycles. The van der Waals surface area contributed by atoms with E-state index in [9.17, 15) is 13.2 Å². The molecule has 3 aromatic rings. The van der Waals surface area contributed by atoms with Crippen LogP contribution in [-0.4, -0.2) is 52.7 Å². The summed E-state index contributed by atoms with van der Waals surface area (Å²) in [6.07, 6.45) is 4.73. The minimum absolute atomic E-state index is 0.132. The second-order valence-corrected chi connectivity index (χ2v) is 8.66. The summed E-state index contributed by atoms with van der Waals surface area (Å²) in [5.74, 6) is 0.554. The molecule has 1 atom stereocenters. The average Bonchev–Trinajstić information content (AvgIpc) is 3.32. The quantitative estimate of drug-likeness (QED) is 0.686. The second-order valence-electron chi connectivity index (χ2n) is 7.09. The number of carbonyl (C=O) groups excluding carboxylic acids is 1. The zero-order valence-electron chi connectivity index (χ0n) is 15.4. The number of rotatable bonds is 2. The molecule has 0 spiro atoms. The number of hydrogen-bond acceptors (Lipinski definition) is 6. The van der Waals surface area contributed by atoms with E-state index in [1.165, 1.54) is 0 Å². The smallest absolute Gasteiger partial charge is 0.285 e. The third-order valence-corrected chi connectivity index (χ3v) is 6.57. The van der Waals surface area contributed by atoms with Crippen LogP contribution >= 0.6 is 0 Å². The van der Waals surface area contributed by atoms with E-state index in [4.69, 9.17) is 0 Å². The Morgan fingerprint density at radius 3 is 2.90 bits per heavy atom. The number of amidine groups is 1. The second kappa shape index (κ2) is 6.66. The van der Waals surface area contributed by atoms with Crippen molar-refractivity contribution in [2.24, 2.45) is 10.3 Å². The number of nitrogens with one attached hydrogen (secondary N) is 1. The zero-order chi connectivity index (χ0) is 20.0. The SMILES string of the molecule is O=C(Nc1ccnc2ccnn12)C1CCCN(C2=NS(=O)(=O)c3ccccc32)C1. The van der Waals surface area contributed by atoms with Crippen LogP contribution in [0, 0.1) is 5.92 Å². The van der Waals surface area contributed by atoms with E-state index in [1.807, 2.05) is 4.90 Å². The number of nitrogens with zero attached hydrogens (tertiary/aromatic N) is 5. The Morgan fingerprint density at radius 1 is 1.14 bits per heavy atom. The number of hydrogen-bond donors (Lipinski definition) is 1. The van der Waals surface area contributed by atoms with Crippen molar-refractivity contribution in [3.05, 3.63) is 54.4 Å². The average molecular weight is 410 g/mol. The number of amides is 1. The van der Waals surface area contributed by atoms with Crippen LogP contribution in [0.4, 0.5) is 5.82 Å². The molecule has 29 heavy (non-hydrogen) atoms. The molecule has 10 heteroatoms. The van der Waals surface area contributed by atoms with E-state index in [1.54, 1.807) is 53.3 Å². The lowest BCUT2D eigenvalue weighted by atomic mass is 9.96. The predicted octanol–water partition coefficient (Wildman–Crippen LogP) is 1.53. The summed E-state index contributed by atoms with van der Waals surface area (Å²) in [5.41, 5.74) is 1.25. The molecule has 2 aliphatic heterocycles. The molecule has 148 valence electrons. The lowest BCUT2D eigenvalue weighted by Crippen LogP contribution is -2.43. The molecule has 1 N–H and O–H groups in total. The normalized spacial score (nSPS) is 20.3. The van der Waals surface area contributed by atoms with Gasteiger partial charge >= 0.3 is 0 Å². The molecular formula is C19H18N6O3S. The van der Waals surface area contributed by atoms with Crippen molar-refractivity contribution >= 4 is 33.2 Å². The Labute approximate surface area is 167 Å². The van der Waals surface area contributed by atoms with Crippen LogP contribution in [0.15, 0.2) is 58.1 Å². The summed E-state index contributed by atoms with van der Waals surface area (Å²) >= 11 is 0. The van der Waals surface area contributed by atoms with Gasteiger partial charge in [0.05, 0.1) is 12.1 Å². The topological polar surface area (TPSA) is 109 Å². The fourth-order valence-electron chi connectivity index (χ4n) is 3.86. The maximum atomic E-state index is 12.9. The standard InChI is InChI=1S/C19H18N6O3S/c26-19(22-17-7-9-20-16-8-10-21-25(16)17)13-4-3-11-24(12-13)18-14-5-1-2-6-15(14)29(27,28)23-18/h1-2,5-10,13H,3-4,11-12H2,(H,22,26). The number of benzene rings is 1. The number of likely N-dealkylation sites (tertiary alicyclic amines) is 1. The van der Waals surface area contributed by atoms with Gasteiger partial charge in [0, 0.05) is 30.9 Å². The van der Waals surface area contributed by atoms with Crippen LogP contribution in [-0.2, 0) is 14.8 Å². The number of sulfonamides is 1. The number of fused-ring (bicyclic) bond motifs is 2. The van der Waals surface area contributed by atoms with E-state index in [0.717, 1.165) is 12.8 Å². The van der Waals surface area contributed by atoms with E-state index in [-0.39, 0.29) is 16.7 Å². The Morgan fingerprint density at radius 2 is 2.00 bits per heavy atom. The maximum absolute atomic E-state index is 12.9. The van der Waals surface area contributed by atoms with Gasteiger partial charge in [0.25, 0.3) is 10.0 Å². The minimum atomic E-state index is -3.68. The van der Waals surface area contributed by atoms with Crippen LogP contribution in [0.2, 0.25) is 0 Å². The summed E-state index contributed by atoms with van der Waals surface area (Å²) in [6, 6.07) is 10.3. The molecule has 1 aromatic carbocycles. The number of aromatic nitrogens is 3. The molecule has 0 saturated carbocycles. The van der Waals surface area contributed by atoms with Gasteiger partial charge in [0.1, 0.15) is 10.7 Å². The van der Waals surface area contributed by atoms with Crippen LogP contribution in [0.25, 0.3) is 5.65 Å². The van der Waals surface area contributed by atoms with Crippen molar-refractivity contribution in [1.82, 2.24) is 19.5 Å². The van der Waals surface area contributed by atoms with Crippen LogP contribution in [0.1, 0.15) is 18.4 Å². The van der Waals surface area contributed by atoms with E-state index in [0.29, 0.717) is 36.0 Å². The first kappa shape index (κ1) is 17.8. The van der Waals surface area contributed by atoms with Gasteiger partial charge in [0.2, 0.25) is 5.91 Å². The van der Waals surface area contributed by atoms with E-state index < -0.39 is 10.0 Å². The van der Waals surface area contributed by atoms with Gasteiger partial charge < -0.3 is 10.2 Å². The maximum Gasteiger partial charge on any atom is 0.285 e. The van der Waals surface area contributed by atoms with Crippen molar-refractivity contribution in [2.75, 3.05) is 18.4 Å². The van der Waals surface area contributed by atoms with Crippen molar-refractivity contribution in [1.29, 1.82) is 0 Å². The van der Waals surface area contributed by atoms with Crippen molar-refractivity contribution in [3.8, 4) is 0 Å². The molecule has 1 fully saturated rings. The number of piperidine rings is 1. The fourth-order valence-corrected chi connectivity index (χ4v) is 5.09. The fraction of sp³-hybridized carbons (Fsp3) is 0.263. The molecule has 2 aliphatic rings. The van der Waals surface area contributed by atoms with E-state index in [2.05, 4.69) is 19.8 Å². The third kappa shape index (κ3) is 3.05. The Hall–Kier alpha value is -3.27. The first-order valence-corrected chi connectivity index (χ1v) is 10.8. The predicted molar refractivity (Wildman–Crippen MR) is 106 cm³/mol. The van der Waals surface area contributed by atoms with Gasteiger partial charge in [-0.15, -0.1) is 4.40 Å². The molecule has 2 aromatic heterocycles. The first-order valence-electron chi connectivity index (χ1n) is 9.32. The molecule has 5 rings (SSSR count). The largest absolute Gasteiger partial charge is 0.355 e. The molecular weight excluding hydrogens is 392 g/mol. The monoisotopic (exact) mass is 410 g/mol. The molecule has 1 amide bonds. The highest BCUT2D eigenvalue weighted by Gasteiger charge is 2.35. The van der Waals surface area contributed by atoms with Crippen LogP contribution < -0.4 is 5.32 Å². The minimum Gasteiger partial charge on any atom is -0.355 e. The Kier molecular flexibility index (Phi) is 4.09. The number of anilines is 1. The number of carbonyl (C=O) groups is 1. The van der Waals surface area contributed by atoms with Gasteiger partial charge in [-0.2, -0.15) is 18.0 Å².